The van der Waals surface area contributed by atoms with Gasteiger partial charge in [-0.3, -0.25) is 4.79 Å². The number of carbonyl (C=O) groups excluding carboxylic acids is 1. The molecule has 0 aliphatic carbocycles. The molecule has 120 valence electrons. The van der Waals surface area contributed by atoms with Crippen molar-refractivity contribution in [3.05, 3.63) is 29.6 Å². The molecule has 2 heterocycles. The van der Waals surface area contributed by atoms with Crippen LogP contribution in [0.5, 0.6) is 5.75 Å². The summed E-state index contributed by atoms with van der Waals surface area (Å²) in [7, 11) is 1.57. The number of carbonyl (C=O) groups is 1. The van der Waals surface area contributed by atoms with Crippen LogP contribution in [0, 0.1) is 11.2 Å². The van der Waals surface area contributed by atoms with Crippen molar-refractivity contribution in [2.75, 3.05) is 33.5 Å². The van der Waals surface area contributed by atoms with E-state index in [2.05, 4.69) is 5.32 Å². The SMILES string of the molecule is COCC1(C(=O)NC2CCCOc3ccc(F)cc32)COC1. The smallest absolute Gasteiger partial charge is 0.233 e. The van der Waals surface area contributed by atoms with Gasteiger partial charge in [0.1, 0.15) is 17.0 Å². The highest BCUT2D eigenvalue weighted by atomic mass is 19.1. The minimum absolute atomic E-state index is 0.109. The average Bonchev–Trinajstić information content (AvgIpc) is 2.65. The molecule has 1 saturated heterocycles. The van der Waals surface area contributed by atoms with Crippen LogP contribution in [-0.4, -0.2) is 39.4 Å². The van der Waals surface area contributed by atoms with E-state index in [1.54, 1.807) is 13.2 Å². The summed E-state index contributed by atoms with van der Waals surface area (Å²) < 4.78 is 29.5. The van der Waals surface area contributed by atoms with Gasteiger partial charge in [-0.2, -0.15) is 0 Å². The van der Waals surface area contributed by atoms with E-state index in [4.69, 9.17) is 14.2 Å². The van der Waals surface area contributed by atoms with E-state index in [1.807, 2.05) is 0 Å². The van der Waals surface area contributed by atoms with Crippen LogP contribution in [0.4, 0.5) is 4.39 Å². The quantitative estimate of drug-likeness (QED) is 0.922. The second-order valence-electron chi connectivity index (χ2n) is 5.91. The van der Waals surface area contributed by atoms with Gasteiger partial charge in [-0.05, 0) is 31.0 Å². The number of fused-ring (bicyclic) bond motifs is 1. The maximum Gasteiger partial charge on any atom is 0.233 e. The molecule has 1 N–H and O–H groups in total. The summed E-state index contributed by atoms with van der Waals surface area (Å²) in [5.41, 5.74) is 0.0636. The number of benzene rings is 1. The van der Waals surface area contributed by atoms with Gasteiger partial charge in [0.05, 0.1) is 32.5 Å². The first-order chi connectivity index (χ1) is 10.6. The molecule has 3 rings (SSSR count). The van der Waals surface area contributed by atoms with Crippen molar-refractivity contribution < 1.29 is 23.4 Å². The fourth-order valence-electron chi connectivity index (χ4n) is 2.91. The van der Waals surface area contributed by atoms with Gasteiger partial charge in [-0.15, -0.1) is 0 Å². The Labute approximate surface area is 128 Å². The van der Waals surface area contributed by atoms with Crippen molar-refractivity contribution in [1.29, 1.82) is 0 Å². The highest BCUT2D eigenvalue weighted by Crippen LogP contribution is 2.34. The maximum absolute atomic E-state index is 13.6. The van der Waals surface area contributed by atoms with Gasteiger partial charge in [-0.1, -0.05) is 0 Å². The van der Waals surface area contributed by atoms with Gasteiger partial charge in [-0.25, -0.2) is 4.39 Å². The highest BCUT2D eigenvalue weighted by Gasteiger charge is 2.46. The van der Waals surface area contributed by atoms with E-state index >= 15 is 0 Å². The number of halogens is 1. The van der Waals surface area contributed by atoms with Crippen LogP contribution < -0.4 is 10.1 Å². The maximum atomic E-state index is 13.6. The normalized spacial score (nSPS) is 22.7. The summed E-state index contributed by atoms with van der Waals surface area (Å²) in [5.74, 6) is 0.194. The highest BCUT2D eigenvalue weighted by molar-refractivity contribution is 5.84. The number of hydrogen-bond donors (Lipinski definition) is 1. The Bertz CT molecular complexity index is 559. The Morgan fingerprint density at radius 1 is 1.50 bits per heavy atom. The number of rotatable bonds is 4. The molecule has 1 fully saturated rings. The van der Waals surface area contributed by atoms with Crippen molar-refractivity contribution in [2.24, 2.45) is 5.41 Å². The fraction of sp³-hybridized carbons (Fsp3) is 0.562. The Hall–Kier alpha value is -1.66. The third kappa shape index (κ3) is 2.80. The molecule has 0 aromatic heterocycles. The van der Waals surface area contributed by atoms with E-state index in [0.717, 1.165) is 6.42 Å². The van der Waals surface area contributed by atoms with Crippen LogP contribution >= 0.6 is 0 Å². The van der Waals surface area contributed by atoms with Crippen LogP contribution in [-0.2, 0) is 14.3 Å². The molecule has 0 bridgehead atoms. The van der Waals surface area contributed by atoms with Crippen LogP contribution in [0.3, 0.4) is 0 Å². The number of amides is 1. The van der Waals surface area contributed by atoms with E-state index in [1.165, 1.54) is 12.1 Å². The van der Waals surface area contributed by atoms with Gasteiger partial charge in [0, 0.05) is 12.7 Å². The molecule has 0 spiro atoms. The summed E-state index contributed by atoms with van der Waals surface area (Å²) in [5, 5.41) is 3.02. The lowest BCUT2D eigenvalue weighted by atomic mass is 9.85. The van der Waals surface area contributed by atoms with Crippen molar-refractivity contribution in [2.45, 2.75) is 18.9 Å². The molecular weight excluding hydrogens is 289 g/mol. The molecule has 1 aromatic rings. The van der Waals surface area contributed by atoms with E-state index in [9.17, 15) is 9.18 Å². The third-order valence-corrected chi connectivity index (χ3v) is 4.21. The summed E-state index contributed by atoms with van der Waals surface area (Å²) in [4.78, 5) is 12.6. The number of hydrogen-bond acceptors (Lipinski definition) is 4. The van der Waals surface area contributed by atoms with E-state index in [-0.39, 0.29) is 17.8 Å². The van der Waals surface area contributed by atoms with Gasteiger partial charge < -0.3 is 19.5 Å². The van der Waals surface area contributed by atoms with E-state index in [0.29, 0.717) is 44.2 Å². The zero-order chi connectivity index (χ0) is 15.6. The fourth-order valence-corrected chi connectivity index (χ4v) is 2.91. The number of nitrogens with one attached hydrogen (secondary N) is 1. The number of methoxy groups -OCH3 is 1. The summed E-state index contributed by atoms with van der Waals surface area (Å²) in [6.45, 7) is 1.59. The van der Waals surface area contributed by atoms with Crippen molar-refractivity contribution >= 4 is 5.91 Å². The molecule has 0 radical (unpaired) electrons. The van der Waals surface area contributed by atoms with Crippen LogP contribution in [0.2, 0.25) is 0 Å². The molecule has 1 aromatic carbocycles. The standard InChI is InChI=1S/C16H20FNO4/c1-20-8-16(9-21-10-16)15(19)18-13-3-2-6-22-14-5-4-11(17)7-12(13)14/h4-5,7,13H,2-3,6,8-10H2,1H3,(H,18,19). The molecule has 1 atom stereocenters. The summed E-state index contributed by atoms with van der Waals surface area (Å²) in [6.07, 6.45) is 1.52. The van der Waals surface area contributed by atoms with E-state index < -0.39 is 5.41 Å². The molecule has 2 aliphatic rings. The summed E-state index contributed by atoms with van der Waals surface area (Å²) >= 11 is 0. The first kappa shape index (κ1) is 15.2. The minimum atomic E-state index is -0.630. The number of ether oxygens (including phenoxy) is 3. The topological polar surface area (TPSA) is 56.8 Å². The zero-order valence-electron chi connectivity index (χ0n) is 12.6. The van der Waals surface area contributed by atoms with Crippen molar-refractivity contribution in [3.63, 3.8) is 0 Å². The molecule has 2 aliphatic heterocycles. The van der Waals surface area contributed by atoms with Crippen molar-refractivity contribution in [3.8, 4) is 5.75 Å². The lowest BCUT2D eigenvalue weighted by molar-refractivity contribution is -0.173. The molecule has 5 nitrogen and oxygen atoms in total. The van der Waals surface area contributed by atoms with Gasteiger partial charge in [0.25, 0.3) is 0 Å². The first-order valence-electron chi connectivity index (χ1n) is 7.44. The van der Waals surface area contributed by atoms with Crippen LogP contribution in [0.25, 0.3) is 0 Å². The van der Waals surface area contributed by atoms with Gasteiger partial charge in [0.15, 0.2) is 0 Å². The average molecular weight is 309 g/mol. The molecule has 22 heavy (non-hydrogen) atoms. The molecular formula is C16H20FNO4. The Balaban J connectivity index is 1.80. The lowest BCUT2D eigenvalue weighted by Gasteiger charge is -2.40. The molecule has 1 amide bonds. The Morgan fingerprint density at radius 3 is 3.00 bits per heavy atom. The van der Waals surface area contributed by atoms with Crippen LogP contribution in [0.1, 0.15) is 24.4 Å². The largest absolute Gasteiger partial charge is 0.493 e. The van der Waals surface area contributed by atoms with Gasteiger partial charge in [0.2, 0.25) is 5.91 Å². The van der Waals surface area contributed by atoms with Crippen molar-refractivity contribution in [1.82, 2.24) is 5.32 Å². The minimum Gasteiger partial charge on any atom is -0.493 e. The van der Waals surface area contributed by atoms with Gasteiger partial charge >= 0.3 is 0 Å². The lowest BCUT2D eigenvalue weighted by Crippen LogP contribution is -2.57. The second kappa shape index (κ2) is 6.22. The Morgan fingerprint density at radius 2 is 2.32 bits per heavy atom. The molecule has 0 saturated carbocycles. The second-order valence-corrected chi connectivity index (χ2v) is 5.91. The Kier molecular flexibility index (Phi) is 4.31. The zero-order valence-corrected chi connectivity index (χ0v) is 12.6. The monoisotopic (exact) mass is 309 g/mol. The molecule has 1 unspecified atom stereocenters. The third-order valence-electron chi connectivity index (χ3n) is 4.21. The molecule has 6 heteroatoms. The predicted octanol–water partition coefficient (Wildman–Crippen LogP) is 1.82. The first-order valence-corrected chi connectivity index (χ1v) is 7.44. The van der Waals surface area contributed by atoms with Crippen LogP contribution in [0.15, 0.2) is 18.2 Å². The summed E-state index contributed by atoms with van der Waals surface area (Å²) in [6, 6.07) is 4.17. The predicted molar refractivity (Wildman–Crippen MR) is 77.1 cm³/mol.